The highest BCUT2D eigenvalue weighted by atomic mass is 32.2. The summed E-state index contributed by atoms with van der Waals surface area (Å²) >= 11 is 1.61. The summed E-state index contributed by atoms with van der Waals surface area (Å²) in [7, 11) is 1.68. The lowest BCUT2D eigenvalue weighted by Gasteiger charge is -2.47. The second kappa shape index (κ2) is 14.8. The zero-order chi connectivity index (χ0) is 28.6. The molecule has 2 saturated heterocycles. The molecule has 220 valence electrons. The van der Waals surface area contributed by atoms with Crippen LogP contribution in [0.4, 0.5) is 0 Å². The van der Waals surface area contributed by atoms with Gasteiger partial charge >= 0.3 is 0 Å². The van der Waals surface area contributed by atoms with E-state index in [1.807, 2.05) is 92.7 Å². The third-order valence-corrected chi connectivity index (χ3v) is 8.71. The Bertz CT molecular complexity index is 1170. The van der Waals surface area contributed by atoms with Gasteiger partial charge in [-0.1, -0.05) is 90.6 Å². The van der Waals surface area contributed by atoms with Crippen molar-refractivity contribution in [2.75, 3.05) is 7.11 Å². The van der Waals surface area contributed by atoms with Crippen LogP contribution >= 0.6 is 11.8 Å². The summed E-state index contributed by atoms with van der Waals surface area (Å²) < 4.78 is 38.0. The summed E-state index contributed by atoms with van der Waals surface area (Å²) in [6.45, 7) is 4.65. The monoisotopic (exact) mass is 580 g/mol. The smallest absolute Gasteiger partial charge is 0.161 e. The SMILES string of the molecule is CO[C@@H]1[C@H](OCc2ccccc2)[C@H](O[C@H]2C[C@H](OCc3ccccc3)[C@H](O)[C@@H](C)O2)[C@@H](C)O[C@@H]1Sc1ccccc1. The maximum Gasteiger partial charge on any atom is 0.161 e. The molecule has 0 unspecified atom stereocenters. The summed E-state index contributed by atoms with van der Waals surface area (Å²) in [5, 5.41) is 10.8. The summed E-state index contributed by atoms with van der Waals surface area (Å²) in [6, 6.07) is 30.1. The van der Waals surface area contributed by atoms with E-state index in [9.17, 15) is 5.11 Å². The number of hydrogen-bond donors (Lipinski definition) is 1. The molecule has 41 heavy (non-hydrogen) atoms. The third-order valence-electron chi connectivity index (χ3n) is 7.55. The van der Waals surface area contributed by atoms with Crippen molar-refractivity contribution in [3.8, 4) is 0 Å². The van der Waals surface area contributed by atoms with Gasteiger partial charge in [0, 0.05) is 18.4 Å². The first-order valence-corrected chi connectivity index (χ1v) is 15.1. The molecule has 7 nitrogen and oxygen atoms in total. The van der Waals surface area contributed by atoms with Crippen LogP contribution in [0.5, 0.6) is 0 Å². The molecule has 2 fully saturated rings. The van der Waals surface area contributed by atoms with E-state index in [4.69, 9.17) is 28.4 Å². The molecule has 8 heteroatoms. The van der Waals surface area contributed by atoms with Crippen molar-refractivity contribution in [1.82, 2.24) is 0 Å². The van der Waals surface area contributed by atoms with Gasteiger partial charge in [-0.15, -0.1) is 0 Å². The highest BCUT2D eigenvalue weighted by Gasteiger charge is 2.49. The van der Waals surface area contributed by atoms with Gasteiger partial charge in [-0.25, -0.2) is 0 Å². The summed E-state index contributed by atoms with van der Waals surface area (Å²) in [6.07, 6.45) is -3.50. The lowest BCUT2D eigenvalue weighted by molar-refractivity contribution is -0.310. The van der Waals surface area contributed by atoms with Gasteiger partial charge in [0.25, 0.3) is 0 Å². The number of methoxy groups -OCH3 is 1. The fourth-order valence-corrected chi connectivity index (χ4v) is 6.52. The van der Waals surface area contributed by atoms with Gasteiger partial charge in [0.1, 0.15) is 29.9 Å². The number of aliphatic hydroxyl groups excluding tert-OH is 1. The van der Waals surface area contributed by atoms with Crippen molar-refractivity contribution >= 4 is 11.8 Å². The maximum absolute atomic E-state index is 10.8. The van der Waals surface area contributed by atoms with Crippen LogP contribution in [0, 0.1) is 0 Å². The Hall–Kier alpha value is -2.27. The quantitative estimate of drug-likeness (QED) is 0.315. The molecule has 3 aromatic carbocycles. The lowest BCUT2D eigenvalue weighted by atomic mass is 9.98. The average molecular weight is 581 g/mol. The summed E-state index contributed by atoms with van der Waals surface area (Å²) in [4.78, 5) is 1.09. The lowest BCUT2D eigenvalue weighted by Crippen LogP contribution is -2.60. The Morgan fingerprint density at radius 1 is 0.732 bits per heavy atom. The second-order valence-electron chi connectivity index (χ2n) is 10.5. The minimum Gasteiger partial charge on any atom is -0.388 e. The van der Waals surface area contributed by atoms with E-state index in [-0.39, 0.29) is 11.5 Å². The van der Waals surface area contributed by atoms with Crippen molar-refractivity contribution < 1.29 is 33.5 Å². The summed E-state index contributed by atoms with van der Waals surface area (Å²) in [5.74, 6) is 0. The molecule has 9 atom stereocenters. The number of hydrogen-bond acceptors (Lipinski definition) is 8. The Morgan fingerprint density at radius 2 is 1.32 bits per heavy atom. The molecule has 1 N–H and O–H groups in total. The van der Waals surface area contributed by atoms with E-state index in [0.717, 1.165) is 16.0 Å². The molecule has 2 heterocycles. The van der Waals surface area contributed by atoms with Crippen LogP contribution in [0.15, 0.2) is 95.9 Å². The largest absolute Gasteiger partial charge is 0.388 e. The molecule has 0 amide bonds. The first-order valence-electron chi connectivity index (χ1n) is 14.2. The average Bonchev–Trinajstić information content (AvgIpc) is 3.00. The molecule has 0 bridgehead atoms. The molecule has 0 aliphatic carbocycles. The number of rotatable bonds is 11. The van der Waals surface area contributed by atoms with E-state index in [1.54, 1.807) is 18.9 Å². The molecule has 0 radical (unpaired) electrons. The van der Waals surface area contributed by atoms with Crippen LogP contribution in [0.25, 0.3) is 0 Å². The molecule has 2 aliphatic heterocycles. The van der Waals surface area contributed by atoms with E-state index in [0.29, 0.717) is 19.6 Å². The fourth-order valence-electron chi connectivity index (χ4n) is 5.31. The van der Waals surface area contributed by atoms with Crippen molar-refractivity contribution in [1.29, 1.82) is 0 Å². The Labute approximate surface area is 247 Å². The molecular formula is C33H40O7S. The Kier molecular flexibility index (Phi) is 10.9. The number of thioether (sulfide) groups is 1. The normalized spacial score (nSPS) is 32.0. The van der Waals surface area contributed by atoms with Crippen LogP contribution in [0.3, 0.4) is 0 Å². The van der Waals surface area contributed by atoms with Gasteiger partial charge in [0.05, 0.1) is 31.5 Å². The van der Waals surface area contributed by atoms with E-state index < -0.39 is 42.9 Å². The van der Waals surface area contributed by atoms with Crippen LogP contribution in [-0.4, -0.2) is 66.7 Å². The predicted octanol–water partition coefficient (Wildman–Crippen LogP) is 5.59. The zero-order valence-electron chi connectivity index (χ0n) is 23.8. The molecule has 5 rings (SSSR count). The molecule has 0 saturated carbocycles. The predicted molar refractivity (Wildman–Crippen MR) is 157 cm³/mol. The maximum atomic E-state index is 10.8. The molecule has 0 spiro atoms. The molecule has 0 aromatic heterocycles. The zero-order valence-corrected chi connectivity index (χ0v) is 24.6. The van der Waals surface area contributed by atoms with Gasteiger partial charge in [0.2, 0.25) is 0 Å². The molecule has 2 aliphatic rings. The Balaban J connectivity index is 1.31. The summed E-state index contributed by atoms with van der Waals surface area (Å²) in [5.41, 5.74) is 1.81. The van der Waals surface area contributed by atoms with Crippen LogP contribution in [-0.2, 0) is 41.6 Å². The number of ether oxygens (including phenoxy) is 6. The van der Waals surface area contributed by atoms with Crippen molar-refractivity contribution in [2.45, 2.75) is 92.8 Å². The van der Waals surface area contributed by atoms with Crippen LogP contribution in [0.1, 0.15) is 31.4 Å². The van der Waals surface area contributed by atoms with Gasteiger partial charge in [-0.05, 0) is 37.1 Å². The van der Waals surface area contributed by atoms with Crippen molar-refractivity contribution in [3.63, 3.8) is 0 Å². The van der Waals surface area contributed by atoms with Gasteiger partial charge in [0.15, 0.2) is 6.29 Å². The topological polar surface area (TPSA) is 75.6 Å². The third kappa shape index (κ3) is 7.97. The van der Waals surface area contributed by atoms with Gasteiger partial charge < -0.3 is 33.5 Å². The first-order chi connectivity index (χ1) is 20.0. The second-order valence-corrected chi connectivity index (χ2v) is 11.7. The van der Waals surface area contributed by atoms with Gasteiger partial charge in [-0.3, -0.25) is 0 Å². The minimum atomic E-state index is -0.762. The van der Waals surface area contributed by atoms with E-state index in [2.05, 4.69) is 12.1 Å². The van der Waals surface area contributed by atoms with Crippen molar-refractivity contribution in [2.24, 2.45) is 0 Å². The number of benzene rings is 3. The number of aliphatic hydroxyl groups is 1. The van der Waals surface area contributed by atoms with Gasteiger partial charge in [-0.2, -0.15) is 0 Å². The highest BCUT2D eigenvalue weighted by Crippen LogP contribution is 2.38. The first kappa shape index (κ1) is 30.2. The highest BCUT2D eigenvalue weighted by molar-refractivity contribution is 7.99. The van der Waals surface area contributed by atoms with E-state index >= 15 is 0 Å². The molecule has 3 aromatic rings. The molecular weight excluding hydrogens is 540 g/mol. The van der Waals surface area contributed by atoms with Crippen molar-refractivity contribution in [3.05, 3.63) is 102 Å². The van der Waals surface area contributed by atoms with Crippen LogP contribution in [0.2, 0.25) is 0 Å². The standard InChI is InChI=1S/C33H40O7S/c1-22-29(34)27(36-20-24-13-7-4-8-14-24)19-28(38-22)40-30-23(2)39-33(41-26-17-11-6-12-18-26)32(35-3)31(30)37-21-25-15-9-5-10-16-25/h4-18,22-23,27-34H,19-21H2,1-3H3/t22-,23-,27+,28+,29-,30-,31-,32-,33-/m1/s1. The fraction of sp³-hybridized carbons (Fsp3) is 0.455. The van der Waals surface area contributed by atoms with Crippen LogP contribution < -0.4 is 0 Å². The van der Waals surface area contributed by atoms with E-state index in [1.165, 1.54) is 0 Å². The minimum absolute atomic E-state index is 0.298. The Morgan fingerprint density at radius 3 is 1.93 bits per heavy atom.